The fourth-order valence-electron chi connectivity index (χ4n) is 3.06. The number of halogens is 3. The third-order valence-electron chi connectivity index (χ3n) is 4.53. The maximum Gasteiger partial charge on any atom is 0.416 e. The summed E-state index contributed by atoms with van der Waals surface area (Å²) in [6.45, 7) is 4.28. The Hall–Kier alpha value is -1.60. The van der Waals surface area contributed by atoms with Gasteiger partial charge in [-0.1, -0.05) is 25.1 Å². The molecule has 1 fully saturated rings. The highest BCUT2D eigenvalue weighted by Crippen LogP contribution is 2.32. The zero-order valence-corrected chi connectivity index (χ0v) is 13.7. The van der Waals surface area contributed by atoms with Crippen molar-refractivity contribution in [3.8, 4) is 0 Å². The molecule has 0 saturated carbocycles. The van der Waals surface area contributed by atoms with Crippen molar-refractivity contribution in [1.29, 1.82) is 0 Å². The van der Waals surface area contributed by atoms with Gasteiger partial charge in [-0.2, -0.15) is 13.2 Å². The van der Waals surface area contributed by atoms with E-state index in [2.05, 4.69) is 4.90 Å². The molecular weight excluding hydrogens is 321 g/mol. The minimum absolute atomic E-state index is 0.0132. The number of piperazine rings is 1. The van der Waals surface area contributed by atoms with Crippen LogP contribution in [0.25, 0.3) is 0 Å². The fraction of sp³-hybridized carbons (Fsp3) is 0.588. The lowest BCUT2D eigenvalue weighted by Gasteiger charge is -2.38. The van der Waals surface area contributed by atoms with Crippen molar-refractivity contribution >= 4 is 5.91 Å². The number of alkyl halides is 3. The molecule has 1 saturated heterocycles. The first-order chi connectivity index (χ1) is 11.4. The monoisotopic (exact) mass is 344 g/mol. The van der Waals surface area contributed by atoms with Crippen molar-refractivity contribution in [2.75, 3.05) is 32.8 Å². The van der Waals surface area contributed by atoms with E-state index in [4.69, 9.17) is 0 Å². The maximum absolute atomic E-state index is 13.0. The van der Waals surface area contributed by atoms with Crippen LogP contribution in [0.4, 0.5) is 13.2 Å². The van der Waals surface area contributed by atoms with Gasteiger partial charge in [0.15, 0.2) is 0 Å². The van der Waals surface area contributed by atoms with Gasteiger partial charge in [-0.25, -0.2) is 0 Å². The Balaban J connectivity index is 1.98. The van der Waals surface area contributed by atoms with Gasteiger partial charge >= 0.3 is 6.18 Å². The standard InChI is InChI=1S/C17H23F3N2O2/c1-2-14(12-23)21-7-9-22(10-8-21)16(24)11-13-5-3-4-6-15(13)17(18,19)20/h3-6,14,23H,2,7-12H2,1H3. The second-order valence-corrected chi connectivity index (χ2v) is 5.99. The van der Waals surface area contributed by atoms with Gasteiger partial charge in [-0.05, 0) is 18.1 Å². The van der Waals surface area contributed by atoms with Crippen LogP contribution >= 0.6 is 0 Å². The van der Waals surface area contributed by atoms with Gasteiger partial charge < -0.3 is 10.0 Å². The van der Waals surface area contributed by atoms with E-state index >= 15 is 0 Å². The first-order valence-electron chi connectivity index (χ1n) is 8.14. The van der Waals surface area contributed by atoms with Gasteiger partial charge in [0.2, 0.25) is 5.91 Å². The second kappa shape index (κ2) is 7.98. The van der Waals surface area contributed by atoms with Gasteiger partial charge in [-0.3, -0.25) is 9.69 Å². The lowest BCUT2D eigenvalue weighted by atomic mass is 10.0. The van der Waals surface area contributed by atoms with Crippen LogP contribution in [0.15, 0.2) is 24.3 Å². The molecule has 2 rings (SSSR count). The van der Waals surface area contributed by atoms with Crippen LogP contribution in [0.5, 0.6) is 0 Å². The highest BCUT2D eigenvalue weighted by atomic mass is 19.4. The average Bonchev–Trinajstić information content (AvgIpc) is 2.56. The second-order valence-electron chi connectivity index (χ2n) is 5.99. The van der Waals surface area contributed by atoms with Crippen LogP contribution in [-0.4, -0.2) is 59.6 Å². The van der Waals surface area contributed by atoms with Gasteiger partial charge in [-0.15, -0.1) is 0 Å². The molecule has 24 heavy (non-hydrogen) atoms. The number of hydrogen-bond acceptors (Lipinski definition) is 3. The minimum atomic E-state index is -4.45. The summed E-state index contributed by atoms with van der Waals surface area (Å²) >= 11 is 0. The molecule has 0 aliphatic carbocycles. The molecule has 1 aromatic rings. The first kappa shape index (κ1) is 18.7. The minimum Gasteiger partial charge on any atom is -0.395 e. The zero-order valence-electron chi connectivity index (χ0n) is 13.7. The van der Waals surface area contributed by atoms with Crippen molar-refractivity contribution in [1.82, 2.24) is 9.80 Å². The number of nitrogens with zero attached hydrogens (tertiary/aromatic N) is 2. The van der Waals surface area contributed by atoms with E-state index < -0.39 is 11.7 Å². The van der Waals surface area contributed by atoms with Crippen LogP contribution in [0, 0.1) is 0 Å². The Bertz CT molecular complexity index is 551. The first-order valence-corrected chi connectivity index (χ1v) is 8.14. The van der Waals surface area contributed by atoms with Gasteiger partial charge in [0.25, 0.3) is 0 Å². The Morgan fingerprint density at radius 3 is 2.38 bits per heavy atom. The summed E-state index contributed by atoms with van der Waals surface area (Å²) in [6.07, 6.45) is -3.87. The summed E-state index contributed by atoms with van der Waals surface area (Å²) in [5.74, 6) is -0.289. The number of aliphatic hydroxyl groups is 1. The van der Waals surface area contributed by atoms with Crippen LogP contribution in [0.2, 0.25) is 0 Å². The highest BCUT2D eigenvalue weighted by Gasteiger charge is 2.34. The molecule has 1 unspecified atom stereocenters. The number of rotatable bonds is 5. The molecule has 1 aliphatic heterocycles. The smallest absolute Gasteiger partial charge is 0.395 e. The van der Waals surface area contributed by atoms with Crippen molar-refractivity contribution < 1.29 is 23.1 Å². The molecular formula is C17H23F3N2O2. The van der Waals surface area contributed by atoms with E-state index in [0.717, 1.165) is 12.5 Å². The van der Waals surface area contributed by atoms with Crippen LogP contribution in [0.1, 0.15) is 24.5 Å². The van der Waals surface area contributed by atoms with Gasteiger partial charge in [0.05, 0.1) is 18.6 Å². The molecule has 1 amide bonds. The molecule has 7 heteroatoms. The van der Waals surface area contributed by atoms with E-state index in [0.29, 0.717) is 26.2 Å². The number of amides is 1. The van der Waals surface area contributed by atoms with Crippen molar-refractivity contribution in [3.05, 3.63) is 35.4 Å². The van der Waals surface area contributed by atoms with Crippen LogP contribution in [-0.2, 0) is 17.4 Å². The average molecular weight is 344 g/mol. The molecule has 1 heterocycles. The Morgan fingerprint density at radius 1 is 1.21 bits per heavy atom. The van der Waals surface area contributed by atoms with E-state index in [-0.39, 0.29) is 30.5 Å². The maximum atomic E-state index is 13.0. The quantitative estimate of drug-likeness (QED) is 0.890. The van der Waals surface area contributed by atoms with Crippen LogP contribution in [0.3, 0.4) is 0 Å². The van der Waals surface area contributed by atoms with Crippen LogP contribution < -0.4 is 0 Å². The molecule has 1 atom stereocenters. The molecule has 1 N–H and O–H groups in total. The van der Waals surface area contributed by atoms with Crippen molar-refractivity contribution in [3.63, 3.8) is 0 Å². The third-order valence-corrected chi connectivity index (χ3v) is 4.53. The molecule has 0 spiro atoms. The SMILES string of the molecule is CCC(CO)N1CCN(C(=O)Cc2ccccc2C(F)(F)F)CC1. The zero-order chi connectivity index (χ0) is 17.7. The van der Waals surface area contributed by atoms with E-state index in [1.807, 2.05) is 6.92 Å². The number of carbonyl (C=O) groups excluding carboxylic acids is 1. The van der Waals surface area contributed by atoms with Crippen molar-refractivity contribution in [2.45, 2.75) is 32.0 Å². The Morgan fingerprint density at radius 2 is 1.83 bits per heavy atom. The number of hydrogen-bond donors (Lipinski definition) is 1. The molecule has 0 radical (unpaired) electrons. The summed E-state index contributed by atoms with van der Waals surface area (Å²) in [6, 6.07) is 5.29. The summed E-state index contributed by atoms with van der Waals surface area (Å²) in [5.41, 5.74) is -0.734. The topological polar surface area (TPSA) is 43.8 Å². The molecule has 0 bridgehead atoms. The Kier molecular flexibility index (Phi) is 6.23. The molecule has 0 aromatic heterocycles. The predicted molar refractivity (Wildman–Crippen MR) is 84.5 cm³/mol. The summed E-state index contributed by atoms with van der Waals surface area (Å²) in [5, 5.41) is 9.33. The van der Waals surface area contributed by atoms with E-state index in [1.54, 1.807) is 4.90 Å². The third kappa shape index (κ3) is 4.48. The largest absolute Gasteiger partial charge is 0.416 e. The normalized spacial score (nSPS) is 17.8. The number of aliphatic hydroxyl groups excluding tert-OH is 1. The molecule has 4 nitrogen and oxygen atoms in total. The number of benzene rings is 1. The van der Waals surface area contributed by atoms with E-state index in [9.17, 15) is 23.1 Å². The molecule has 1 aromatic carbocycles. The van der Waals surface area contributed by atoms with E-state index in [1.165, 1.54) is 18.2 Å². The summed E-state index contributed by atoms with van der Waals surface area (Å²) in [4.78, 5) is 16.1. The molecule has 134 valence electrons. The highest BCUT2D eigenvalue weighted by molar-refractivity contribution is 5.79. The fourth-order valence-corrected chi connectivity index (χ4v) is 3.06. The lowest BCUT2D eigenvalue weighted by molar-refractivity contribution is -0.139. The predicted octanol–water partition coefficient (Wildman–Crippen LogP) is 2.16. The van der Waals surface area contributed by atoms with Crippen molar-refractivity contribution in [2.24, 2.45) is 0 Å². The lowest BCUT2D eigenvalue weighted by Crippen LogP contribution is -2.53. The summed E-state index contributed by atoms with van der Waals surface area (Å²) < 4.78 is 39.0. The summed E-state index contributed by atoms with van der Waals surface area (Å²) in [7, 11) is 0. The Labute approximate surface area is 139 Å². The van der Waals surface area contributed by atoms with Gasteiger partial charge in [0.1, 0.15) is 0 Å². The van der Waals surface area contributed by atoms with Gasteiger partial charge in [0, 0.05) is 32.2 Å². The number of carbonyl (C=O) groups is 1. The molecule has 1 aliphatic rings.